The fourth-order valence-electron chi connectivity index (χ4n) is 3.29. The van der Waals surface area contributed by atoms with E-state index in [1.807, 2.05) is 30.3 Å². The molecule has 0 aromatic heterocycles. The molecular formula is C24H21F3N2O2. The van der Waals surface area contributed by atoms with E-state index in [-0.39, 0.29) is 11.5 Å². The van der Waals surface area contributed by atoms with Crippen molar-refractivity contribution in [3.05, 3.63) is 95.4 Å². The molecule has 2 aromatic rings. The Bertz CT molecular complexity index is 1050. The molecule has 4 nitrogen and oxygen atoms in total. The Labute approximate surface area is 178 Å². The van der Waals surface area contributed by atoms with E-state index in [1.165, 1.54) is 19.3 Å². The monoisotopic (exact) mass is 426 g/mol. The Balaban J connectivity index is 1.68. The maximum Gasteiger partial charge on any atom is 0.416 e. The lowest BCUT2D eigenvalue weighted by Gasteiger charge is -2.14. The number of allylic oxidation sites excluding steroid dienone is 3. The zero-order valence-corrected chi connectivity index (χ0v) is 16.8. The van der Waals surface area contributed by atoms with Crippen LogP contribution in [-0.4, -0.2) is 24.3 Å². The van der Waals surface area contributed by atoms with Gasteiger partial charge < -0.3 is 10.1 Å². The highest BCUT2D eigenvalue weighted by atomic mass is 19.4. The number of halogens is 3. The van der Waals surface area contributed by atoms with Gasteiger partial charge in [-0.15, -0.1) is 0 Å². The van der Waals surface area contributed by atoms with Crippen LogP contribution in [-0.2, 0) is 22.1 Å². The van der Waals surface area contributed by atoms with Crippen molar-refractivity contribution >= 4 is 17.2 Å². The van der Waals surface area contributed by atoms with Gasteiger partial charge in [-0.3, -0.25) is 9.79 Å². The number of nitrogens with one attached hydrogen (secondary N) is 1. The summed E-state index contributed by atoms with van der Waals surface area (Å²) in [6.07, 6.45) is 0.953. The van der Waals surface area contributed by atoms with Gasteiger partial charge in [0.15, 0.2) is 5.76 Å². The number of ketones is 1. The lowest BCUT2D eigenvalue weighted by atomic mass is 9.90. The second kappa shape index (κ2) is 9.55. The smallest absolute Gasteiger partial charge is 0.416 e. The van der Waals surface area contributed by atoms with E-state index < -0.39 is 23.4 Å². The quantitative estimate of drug-likeness (QED) is 0.349. The maximum atomic E-state index is 12.9. The molecule has 0 amide bonds. The third-order valence-corrected chi connectivity index (χ3v) is 4.87. The molecule has 1 aliphatic rings. The minimum Gasteiger partial charge on any atom is -0.493 e. The van der Waals surface area contributed by atoms with Crippen LogP contribution in [0.15, 0.2) is 83.7 Å². The average Bonchev–Trinajstić information content (AvgIpc) is 3.26. The molecule has 0 bridgehead atoms. The molecule has 0 spiro atoms. The van der Waals surface area contributed by atoms with Crippen molar-refractivity contribution in [2.45, 2.75) is 19.0 Å². The van der Waals surface area contributed by atoms with E-state index in [9.17, 15) is 18.0 Å². The topological polar surface area (TPSA) is 62.5 Å². The number of carbonyl (C=O) groups excluding carboxylic acids is 1. The number of methoxy groups -OCH3 is 1. The van der Waals surface area contributed by atoms with Crippen LogP contribution in [0.5, 0.6) is 0 Å². The van der Waals surface area contributed by atoms with Crippen LogP contribution in [0.1, 0.15) is 23.1 Å². The molecule has 1 aliphatic heterocycles. The van der Waals surface area contributed by atoms with E-state index in [0.717, 1.165) is 17.7 Å². The van der Waals surface area contributed by atoms with Crippen molar-refractivity contribution < 1.29 is 22.7 Å². The van der Waals surface area contributed by atoms with Crippen LogP contribution in [0.3, 0.4) is 0 Å². The summed E-state index contributed by atoms with van der Waals surface area (Å²) in [5, 5.41) is 8.37. The average molecular weight is 426 g/mol. The SMILES string of the molecule is CO/C(=C/CCc1cccc(C(F)(F)F)c1)C(=O)C(=N)C1C=CN=C1c1ccccc1. The predicted molar refractivity (Wildman–Crippen MR) is 113 cm³/mol. The van der Waals surface area contributed by atoms with Gasteiger partial charge in [-0.1, -0.05) is 54.6 Å². The highest BCUT2D eigenvalue weighted by Gasteiger charge is 2.31. The number of nitrogens with zero attached hydrogens (tertiary/aromatic N) is 1. The van der Waals surface area contributed by atoms with Gasteiger partial charge in [0.05, 0.1) is 30.0 Å². The Morgan fingerprint density at radius 2 is 1.90 bits per heavy atom. The molecule has 0 saturated carbocycles. The standard InChI is InChI=1S/C24H21F3N2O2/c1-31-20(12-6-8-16-7-5-11-18(15-16)24(25,26)27)23(30)21(28)19-13-14-29-22(19)17-9-3-2-4-10-17/h2-5,7,9-15,19,28H,6,8H2,1H3/b20-12+,28-21?. The molecule has 7 heteroatoms. The lowest BCUT2D eigenvalue weighted by Crippen LogP contribution is -2.29. The molecule has 160 valence electrons. The Morgan fingerprint density at radius 3 is 2.58 bits per heavy atom. The van der Waals surface area contributed by atoms with Gasteiger partial charge in [0.25, 0.3) is 0 Å². The van der Waals surface area contributed by atoms with Crippen molar-refractivity contribution in [3.63, 3.8) is 0 Å². The first kappa shape index (κ1) is 22.2. The van der Waals surface area contributed by atoms with Gasteiger partial charge in [0.1, 0.15) is 0 Å². The molecule has 1 unspecified atom stereocenters. The van der Waals surface area contributed by atoms with E-state index in [2.05, 4.69) is 4.99 Å². The van der Waals surface area contributed by atoms with Gasteiger partial charge in [0, 0.05) is 6.20 Å². The van der Waals surface area contributed by atoms with Gasteiger partial charge >= 0.3 is 6.18 Å². The van der Waals surface area contributed by atoms with Crippen molar-refractivity contribution in [1.82, 2.24) is 0 Å². The molecule has 0 saturated heterocycles. The van der Waals surface area contributed by atoms with Crippen LogP contribution in [0, 0.1) is 11.3 Å². The number of carbonyl (C=O) groups is 1. The maximum absolute atomic E-state index is 12.9. The van der Waals surface area contributed by atoms with Gasteiger partial charge in [-0.05, 0) is 36.1 Å². The number of benzene rings is 2. The van der Waals surface area contributed by atoms with Crippen LogP contribution < -0.4 is 0 Å². The molecule has 1 atom stereocenters. The Kier molecular flexibility index (Phi) is 6.84. The highest BCUT2D eigenvalue weighted by Crippen LogP contribution is 2.29. The van der Waals surface area contributed by atoms with E-state index >= 15 is 0 Å². The second-order valence-corrected chi connectivity index (χ2v) is 6.95. The van der Waals surface area contributed by atoms with Gasteiger partial charge in [-0.25, -0.2) is 0 Å². The first-order valence-corrected chi connectivity index (χ1v) is 9.64. The minimum absolute atomic E-state index is 0.00955. The number of hydrogen-bond acceptors (Lipinski definition) is 4. The number of aryl methyl sites for hydroxylation is 1. The first-order valence-electron chi connectivity index (χ1n) is 9.64. The number of Topliss-reactive ketones (excluding diaryl/α,β-unsaturated/α-hetero) is 1. The van der Waals surface area contributed by atoms with E-state index in [0.29, 0.717) is 24.1 Å². The second-order valence-electron chi connectivity index (χ2n) is 6.95. The fraction of sp³-hybridized carbons (Fsp3) is 0.208. The zero-order valence-electron chi connectivity index (χ0n) is 16.8. The highest BCUT2D eigenvalue weighted by molar-refractivity contribution is 6.49. The third-order valence-electron chi connectivity index (χ3n) is 4.87. The van der Waals surface area contributed by atoms with E-state index in [1.54, 1.807) is 18.3 Å². The number of hydrogen-bond donors (Lipinski definition) is 1. The molecule has 1 N–H and O–H groups in total. The van der Waals surface area contributed by atoms with Crippen LogP contribution in [0.4, 0.5) is 13.2 Å². The molecular weight excluding hydrogens is 405 g/mol. The fourth-order valence-corrected chi connectivity index (χ4v) is 3.29. The van der Waals surface area contributed by atoms with Crippen LogP contribution >= 0.6 is 0 Å². The number of alkyl halides is 3. The summed E-state index contributed by atoms with van der Waals surface area (Å²) in [7, 11) is 1.33. The van der Waals surface area contributed by atoms with Crippen LogP contribution in [0.2, 0.25) is 0 Å². The normalized spacial score (nSPS) is 16.2. The minimum atomic E-state index is -4.40. The first-order chi connectivity index (χ1) is 14.8. The number of rotatable bonds is 8. The summed E-state index contributed by atoms with van der Waals surface area (Å²) >= 11 is 0. The molecule has 3 rings (SSSR count). The molecule has 0 radical (unpaired) electrons. The molecule has 0 fully saturated rings. The van der Waals surface area contributed by atoms with Crippen molar-refractivity contribution in [2.75, 3.05) is 7.11 Å². The molecule has 2 aromatic carbocycles. The van der Waals surface area contributed by atoms with Crippen molar-refractivity contribution in [2.24, 2.45) is 10.9 Å². The van der Waals surface area contributed by atoms with Gasteiger partial charge in [-0.2, -0.15) is 13.2 Å². The third kappa shape index (κ3) is 5.36. The summed E-state index contributed by atoms with van der Waals surface area (Å²) in [6, 6.07) is 14.4. The number of aliphatic imine (C=N–C) groups is 1. The summed E-state index contributed by atoms with van der Waals surface area (Å²) in [4.78, 5) is 17.1. The van der Waals surface area contributed by atoms with Crippen LogP contribution in [0.25, 0.3) is 0 Å². The number of ether oxygens (including phenoxy) is 1. The van der Waals surface area contributed by atoms with Crippen molar-refractivity contribution in [1.29, 1.82) is 5.41 Å². The summed E-state index contributed by atoms with van der Waals surface area (Å²) < 4.78 is 43.7. The van der Waals surface area contributed by atoms with Gasteiger partial charge in [0.2, 0.25) is 5.78 Å². The predicted octanol–water partition coefficient (Wildman–Crippen LogP) is 5.39. The zero-order chi connectivity index (χ0) is 22.4. The molecule has 1 heterocycles. The summed E-state index contributed by atoms with van der Waals surface area (Å²) in [5.74, 6) is -1.17. The Morgan fingerprint density at radius 1 is 1.16 bits per heavy atom. The van der Waals surface area contributed by atoms with E-state index in [4.69, 9.17) is 10.1 Å². The summed E-state index contributed by atoms with van der Waals surface area (Å²) in [5.41, 5.74) is 1.05. The summed E-state index contributed by atoms with van der Waals surface area (Å²) in [6.45, 7) is 0. The lowest BCUT2D eigenvalue weighted by molar-refractivity contribution is -0.137. The van der Waals surface area contributed by atoms with Crippen molar-refractivity contribution in [3.8, 4) is 0 Å². The molecule has 31 heavy (non-hydrogen) atoms. The Hall–Kier alpha value is -3.48. The largest absolute Gasteiger partial charge is 0.493 e. The molecule has 0 aliphatic carbocycles.